The maximum atomic E-state index is 6.25. The van der Waals surface area contributed by atoms with Crippen molar-refractivity contribution in [3.63, 3.8) is 0 Å². The van der Waals surface area contributed by atoms with Crippen molar-refractivity contribution in [2.45, 2.75) is 51.0 Å². The molecule has 1 saturated carbocycles. The molecule has 2 unspecified atom stereocenters. The second-order valence-electron chi connectivity index (χ2n) is 6.78. The molecule has 1 aromatic heterocycles. The van der Waals surface area contributed by atoms with E-state index < -0.39 is 0 Å². The standard InChI is InChI=1S/C20H27N3O/c1-15(20(21)14-22-13-19-4-2-3-11-24-19)17-9-10-23-18(12-17)8-7-16-5-6-16/h9-10,12,14-16,19,22H,2-6,11,13,21H2,1H3/b20-14-. The summed E-state index contributed by atoms with van der Waals surface area (Å²) in [5, 5.41) is 3.31. The number of pyridine rings is 1. The minimum atomic E-state index is 0.134. The molecule has 1 aromatic rings. The summed E-state index contributed by atoms with van der Waals surface area (Å²) in [6.45, 7) is 3.81. The molecule has 0 bridgehead atoms. The van der Waals surface area contributed by atoms with Crippen LogP contribution in [0.5, 0.6) is 0 Å². The molecule has 24 heavy (non-hydrogen) atoms. The van der Waals surface area contributed by atoms with E-state index in [0.717, 1.165) is 36.5 Å². The maximum Gasteiger partial charge on any atom is 0.113 e. The van der Waals surface area contributed by atoms with Crippen molar-refractivity contribution in [1.29, 1.82) is 0 Å². The van der Waals surface area contributed by atoms with Gasteiger partial charge < -0.3 is 15.8 Å². The molecule has 4 nitrogen and oxygen atoms in total. The van der Waals surface area contributed by atoms with E-state index in [1.54, 1.807) is 0 Å². The van der Waals surface area contributed by atoms with Crippen molar-refractivity contribution in [1.82, 2.24) is 10.3 Å². The zero-order valence-corrected chi connectivity index (χ0v) is 14.4. The van der Waals surface area contributed by atoms with Crippen LogP contribution in [0.2, 0.25) is 0 Å². The number of aromatic nitrogens is 1. The van der Waals surface area contributed by atoms with Crippen molar-refractivity contribution >= 4 is 0 Å². The molecular weight excluding hydrogens is 298 g/mol. The number of nitrogens with two attached hydrogens (primary N) is 1. The SMILES string of the molecule is CC(/C(N)=C/NCC1CCCCO1)c1ccnc(C#CC2CC2)c1. The number of nitrogens with one attached hydrogen (secondary N) is 1. The summed E-state index contributed by atoms with van der Waals surface area (Å²) in [6, 6.07) is 4.06. The van der Waals surface area contributed by atoms with E-state index in [4.69, 9.17) is 10.5 Å². The third kappa shape index (κ3) is 5.01. The molecule has 0 aromatic carbocycles. The van der Waals surface area contributed by atoms with Crippen molar-refractivity contribution in [2.24, 2.45) is 11.7 Å². The second kappa shape index (κ2) is 8.21. The van der Waals surface area contributed by atoms with Crippen LogP contribution in [0.15, 0.2) is 30.2 Å². The fourth-order valence-electron chi connectivity index (χ4n) is 2.78. The third-order valence-corrected chi connectivity index (χ3v) is 4.65. The van der Waals surface area contributed by atoms with Gasteiger partial charge >= 0.3 is 0 Å². The van der Waals surface area contributed by atoms with Gasteiger partial charge in [-0.2, -0.15) is 0 Å². The van der Waals surface area contributed by atoms with Gasteiger partial charge in [0.1, 0.15) is 5.69 Å². The molecule has 1 aliphatic carbocycles. The molecule has 128 valence electrons. The Hall–Kier alpha value is -1.99. The summed E-state index contributed by atoms with van der Waals surface area (Å²) in [5.41, 5.74) is 9.05. The van der Waals surface area contributed by atoms with E-state index in [2.05, 4.69) is 29.1 Å². The van der Waals surface area contributed by atoms with Crippen LogP contribution >= 0.6 is 0 Å². The summed E-state index contributed by atoms with van der Waals surface area (Å²) < 4.78 is 5.72. The van der Waals surface area contributed by atoms with Gasteiger partial charge in [0, 0.05) is 43.1 Å². The number of nitrogens with zero attached hydrogens (tertiary/aromatic N) is 1. The Bertz CT molecular complexity index is 634. The molecule has 2 aliphatic rings. The van der Waals surface area contributed by atoms with Gasteiger partial charge in [-0.05, 0) is 55.7 Å². The summed E-state index contributed by atoms with van der Waals surface area (Å²) >= 11 is 0. The van der Waals surface area contributed by atoms with Gasteiger partial charge in [0.15, 0.2) is 0 Å². The van der Waals surface area contributed by atoms with Crippen LogP contribution in [0.25, 0.3) is 0 Å². The average Bonchev–Trinajstić information content (AvgIpc) is 3.45. The first-order valence-corrected chi connectivity index (χ1v) is 9.00. The lowest BCUT2D eigenvalue weighted by Crippen LogP contribution is -2.30. The van der Waals surface area contributed by atoms with E-state index in [-0.39, 0.29) is 5.92 Å². The van der Waals surface area contributed by atoms with Crippen LogP contribution < -0.4 is 11.1 Å². The van der Waals surface area contributed by atoms with E-state index in [1.165, 1.54) is 25.7 Å². The fourth-order valence-corrected chi connectivity index (χ4v) is 2.78. The lowest BCUT2D eigenvalue weighted by molar-refractivity contribution is 0.0188. The quantitative estimate of drug-likeness (QED) is 0.817. The third-order valence-electron chi connectivity index (χ3n) is 4.65. The van der Waals surface area contributed by atoms with Gasteiger partial charge in [-0.15, -0.1) is 0 Å². The monoisotopic (exact) mass is 325 g/mol. The first-order valence-electron chi connectivity index (χ1n) is 9.00. The van der Waals surface area contributed by atoms with Crippen molar-refractivity contribution in [3.05, 3.63) is 41.5 Å². The molecular formula is C20H27N3O. The molecule has 1 aliphatic heterocycles. The van der Waals surface area contributed by atoms with Crippen LogP contribution in [-0.4, -0.2) is 24.2 Å². The van der Waals surface area contributed by atoms with E-state index in [1.807, 2.05) is 24.5 Å². The highest BCUT2D eigenvalue weighted by Crippen LogP contribution is 2.27. The van der Waals surface area contributed by atoms with E-state index in [9.17, 15) is 0 Å². The summed E-state index contributed by atoms with van der Waals surface area (Å²) in [5.74, 6) is 7.15. The first-order chi connectivity index (χ1) is 11.7. The lowest BCUT2D eigenvalue weighted by Gasteiger charge is -2.22. The fraction of sp³-hybridized carbons (Fsp3) is 0.550. The summed E-state index contributed by atoms with van der Waals surface area (Å²) in [7, 11) is 0. The van der Waals surface area contributed by atoms with Crippen LogP contribution in [0.1, 0.15) is 56.2 Å². The van der Waals surface area contributed by atoms with Crippen LogP contribution in [0.4, 0.5) is 0 Å². The van der Waals surface area contributed by atoms with Crippen molar-refractivity contribution in [3.8, 4) is 11.8 Å². The summed E-state index contributed by atoms with van der Waals surface area (Å²) in [6.07, 6.45) is 10.1. The van der Waals surface area contributed by atoms with Gasteiger partial charge in [0.25, 0.3) is 0 Å². The van der Waals surface area contributed by atoms with E-state index >= 15 is 0 Å². The van der Waals surface area contributed by atoms with Gasteiger partial charge in [-0.3, -0.25) is 0 Å². The number of hydrogen-bond donors (Lipinski definition) is 2. The number of ether oxygens (including phenoxy) is 1. The Morgan fingerprint density at radius 3 is 3.08 bits per heavy atom. The average molecular weight is 325 g/mol. The van der Waals surface area contributed by atoms with Gasteiger partial charge in [0.2, 0.25) is 0 Å². The topological polar surface area (TPSA) is 60.2 Å². The van der Waals surface area contributed by atoms with Crippen LogP contribution in [-0.2, 0) is 4.74 Å². The lowest BCUT2D eigenvalue weighted by atomic mass is 9.98. The van der Waals surface area contributed by atoms with Crippen LogP contribution in [0, 0.1) is 17.8 Å². The maximum absolute atomic E-state index is 6.25. The molecule has 1 saturated heterocycles. The molecule has 0 spiro atoms. The molecule has 2 heterocycles. The molecule has 2 atom stereocenters. The first kappa shape index (κ1) is 16.9. The van der Waals surface area contributed by atoms with Gasteiger partial charge in [-0.25, -0.2) is 4.98 Å². The van der Waals surface area contributed by atoms with Crippen LogP contribution in [0.3, 0.4) is 0 Å². The Balaban J connectivity index is 1.55. The second-order valence-corrected chi connectivity index (χ2v) is 6.78. The van der Waals surface area contributed by atoms with Gasteiger partial charge in [-0.1, -0.05) is 12.8 Å². The van der Waals surface area contributed by atoms with E-state index in [0.29, 0.717) is 12.0 Å². The zero-order valence-electron chi connectivity index (χ0n) is 14.4. The molecule has 0 amide bonds. The number of hydrogen-bond acceptors (Lipinski definition) is 4. The predicted octanol–water partition coefficient (Wildman–Crippen LogP) is 2.91. The highest BCUT2D eigenvalue weighted by atomic mass is 16.5. The van der Waals surface area contributed by atoms with Crippen molar-refractivity contribution in [2.75, 3.05) is 13.2 Å². The summed E-state index contributed by atoms with van der Waals surface area (Å²) in [4.78, 5) is 4.34. The number of allylic oxidation sites excluding steroid dienone is 1. The van der Waals surface area contributed by atoms with Gasteiger partial charge in [0.05, 0.1) is 6.10 Å². The Kier molecular flexibility index (Phi) is 5.77. The Morgan fingerprint density at radius 2 is 2.33 bits per heavy atom. The minimum Gasteiger partial charge on any atom is -0.400 e. The smallest absolute Gasteiger partial charge is 0.113 e. The molecule has 3 N–H and O–H groups in total. The molecule has 2 fully saturated rings. The predicted molar refractivity (Wildman–Crippen MR) is 96.1 cm³/mol. The number of rotatable bonds is 5. The zero-order chi connectivity index (χ0) is 16.8. The Labute approximate surface area is 144 Å². The molecule has 0 radical (unpaired) electrons. The van der Waals surface area contributed by atoms with Crippen molar-refractivity contribution < 1.29 is 4.74 Å². The highest BCUT2D eigenvalue weighted by Gasteiger charge is 2.18. The largest absolute Gasteiger partial charge is 0.400 e. The molecule has 4 heteroatoms. The normalized spacial score (nSPS) is 22.4. The minimum absolute atomic E-state index is 0.134. The molecule has 3 rings (SSSR count). The highest BCUT2D eigenvalue weighted by molar-refractivity contribution is 5.35. The Morgan fingerprint density at radius 1 is 1.46 bits per heavy atom.